The molecule has 16 heavy (non-hydrogen) atoms. The van der Waals surface area contributed by atoms with Gasteiger partial charge in [0.05, 0.1) is 4.75 Å². The van der Waals surface area contributed by atoms with E-state index in [1.165, 1.54) is 23.8 Å². The van der Waals surface area contributed by atoms with Gasteiger partial charge in [0.15, 0.2) is 6.10 Å². The molecular formula is C9H12BrNO4S. The van der Waals surface area contributed by atoms with Crippen molar-refractivity contribution in [2.24, 2.45) is 0 Å². The zero-order chi connectivity index (χ0) is 12.3. The Morgan fingerprint density at radius 3 is 2.62 bits per heavy atom. The van der Waals surface area contributed by atoms with Gasteiger partial charge in [0.1, 0.15) is 5.37 Å². The second-order valence-electron chi connectivity index (χ2n) is 4.31. The van der Waals surface area contributed by atoms with Crippen LogP contribution in [0.15, 0.2) is 0 Å². The summed E-state index contributed by atoms with van der Waals surface area (Å²) in [4.78, 5) is 24.5. The van der Waals surface area contributed by atoms with Crippen molar-refractivity contribution < 1.29 is 19.4 Å². The minimum Gasteiger partial charge on any atom is -0.479 e. The zero-order valence-corrected chi connectivity index (χ0v) is 11.5. The Bertz CT molecular complexity index is 375. The normalized spacial score (nSPS) is 40.5. The molecule has 0 aromatic carbocycles. The van der Waals surface area contributed by atoms with Crippen molar-refractivity contribution in [2.75, 3.05) is 7.11 Å². The van der Waals surface area contributed by atoms with E-state index in [-0.39, 0.29) is 11.3 Å². The average molecular weight is 310 g/mol. The van der Waals surface area contributed by atoms with E-state index < -0.39 is 21.3 Å². The topological polar surface area (TPSA) is 66.8 Å². The number of fused-ring (bicyclic) bond motifs is 1. The number of amides is 1. The number of alkyl halides is 1. The van der Waals surface area contributed by atoms with E-state index in [1.54, 1.807) is 13.8 Å². The summed E-state index contributed by atoms with van der Waals surface area (Å²) in [5.74, 6) is -1.32. The average Bonchev–Trinajstić information content (AvgIpc) is 2.34. The fraction of sp³-hybridized carbons (Fsp3) is 0.778. The summed E-state index contributed by atoms with van der Waals surface area (Å²) in [6.45, 7) is 3.61. The standard InChI is InChI=1S/C9H12BrNO4S/c1-8(2)9(10,7(13)14)11-5(12)4(15-3)6(11)16-8/h4,6H,1-3H3,(H,13,14)/t4-,6-,9+/m1/s1. The number of nitrogens with zero attached hydrogens (tertiary/aromatic N) is 1. The molecule has 0 spiro atoms. The first kappa shape index (κ1) is 12.2. The number of methoxy groups -OCH3 is 1. The third kappa shape index (κ3) is 1.16. The van der Waals surface area contributed by atoms with Crippen LogP contribution in [0.5, 0.6) is 0 Å². The minimum absolute atomic E-state index is 0.219. The van der Waals surface area contributed by atoms with Gasteiger partial charge in [0.25, 0.3) is 5.91 Å². The lowest BCUT2D eigenvalue weighted by molar-refractivity contribution is -0.174. The maximum atomic E-state index is 11.8. The molecule has 2 heterocycles. The van der Waals surface area contributed by atoms with Gasteiger partial charge in [0.2, 0.25) is 4.45 Å². The number of halogens is 1. The first-order chi connectivity index (χ1) is 7.27. The first-order valence-electron chi connectivity index (χ1n) is 4.73. The number of aliphatic carboxylic acids is 1. The van der Waals surface area contributed by atoms with E-state index in [2.05, 4.69) is 15.9 Å². The van der Waals surface area contributed by atoms with E-state index in [0.717, 1.165) is 0 Å². The maximum Gasteiger partial charge on any atom is 0.342 e. The van der Waals surface area contributed by atoms with Gasteiger partial charge in [-0.3, -0.25) is 9.69 Å². The number of carboxylic acid groups (broad SMARTS) is 1. The van der Waals surface area contributed by atoms with Crippen molar-refractivity contribution in [2.45, 2.75) is 34.5 Å². The molecule has 0 saturated carbocycles. The smallest absolute Gasteiger partial charge is 0.342 e. The monoisotopic (exact) mass is 309 g/mol. The van der Waals surface area contributed by atoms with Crippen molar-refractivity contribution in [3.63, 3.8) is 0 Å². The summed E-state index contributed by atoms with van der Waals surface area (Å²) < 4.78 is 3.10. The molecule has 5 nitrogen and oxygen atoms in total. The second kappa shape index (κ2) is 3.36. The highest BCUT2D eigenvalue weighted by Gasteiger charge is 2.72. The van der Waals surface area contributed by atoms with E-state index in [4.69, 9.17) is 4.74 Å². The number of β-lactam (4-membered cyclic amide) rings is 1. The number of ether oxygens (including phenoxy) is 1. The molecule has 0 aromatic rings. The summed E-state index contributed by atoms with van der Waals surface area (Å²) in [5, 5.41) is 9.09. The molecule has 2 saturated heterocycles. The van der Waals surface area contributed by atoms with Gasteiger partial charge in [-0.2, -0.15) is 0 Å². The van der Waals surface area contributed by atoms with E-state index in [0.29, 0.717) is 0 Å². The molecule has 2 aliphatic rings. The number of hydrogen-bond donors (Lipinski definition) is 1. The van der Waals surface area contributed by atoms with Gasteiger partial charge < -0.3 is 9.84 Å². The summed E-state index contributed by atoms with van der Waals surface area (Å²) in [7, 11) is 1.46. The Morgan fingerprint density at radius 1 is 1.62 bits per heavy atom. The molecule has 90 valence electrons. The number of thioether (sulfide) groups is 1. The second-order valence-corrected chi connectivity index (χ2v) is 7.20. The predicted molar refractivity (Wildman–Crippen MR) is 62.4 cm³/mol. The molecule has 0 bridgehead atoms. The highest BCUT2D eigenvalue weighted by atomic mass is 79.9. The summed E-state index contributed by atoms with van der Waals surface area (Å²) >= 11 is 4.66. The van der Waals surface area contributed by atoms with Crippen molar-refractivity contribution in [1.29, 1.82) is 0 Å². The number of rotatable bonds is 2. The van der Waals surface area contributed by atoms with E-state index in [1.807, 2.05) is 0 Å². The third-order valence-corrected chi connectivity index (χ3v) is 6.64. The van der Waals surface area contributed by atoms with E-state index in [9.17, 15) is 14.7 Å². The molecule has 2 fully saturated rings. The van der Waals surface area contributed by atoms with Crippen LogP contribution < -0.4 is 0 Å². The quantitative estimate of drug-likeness (QED) is 0.466. The zero-order valence-electron chi connectivity index (χ0n) is 9.06. The highest BCUT2D eigenvalue weighted by Crippen LogP contribution is 2.59. The molecule has 7 heteroatoms. The molecule has 1 N–H and O–H groups in total. The van der Waals surface area contributed by atoms with Crippen molar-refractivity contribution >= 4 is 39.6 Å². The Balaban J connectivity index is 2.41. The van der Waals surface area contributed by atoms with Crippen LogP contribution in [0.25, 0.3) is 0 Å². The minimum atomic E-state index is -1.35. The van der Waals surface area contributed by atoms with Crippen molar-refractivity contribution in [1.82, 2.24) is 4.90 Å². The number of hydrogen-bond acceptors (Lipinski definition) is 4. The lowest BCUT2D eigenvalue weighted by Crippen LogP contribution is -2.70. The van der Waals surface area contributed by atoms with Gasteiger partial charge in [-0.05, 0) is 29.8 Å². The van der Waals surface area contributed by atoms with Crippen LogP contribution in [0, 0.1) is 0 Å². The van der Waals surface area contributed by atoms with Crippen molar-refractivity contribution in [3.8, 4) is 0 Å². The molecule has 0 aromatic heterocycles. The van der Waals surface area contributed by atoms with Gasteiger partial charge in [-0.25, -0.2) is 4.79 Å². The molecule has 0 radical (unpaired) electrons. The van der Waals surface area contributed by atoms with E-state index >= 15 is 0 Å². The molecule has 2 aliphatic heterocycles. The lowest BCUT2D eigenvalue weighted by Gasteiger charge is -2.46. The van der Waals surface area contributed by atoms with Crippen LogP contribution in [-0.2, 0) is 14.3 Å². The fourth-order valence-corrected chi connectivity index (χ4v) is 4.60. The Hall–Kier alpha value is -0.270. The molecule has 0 aliphatic carbocycles. The Labute approximate surface area is 106 Å². The van der Waals surface area contributed by atoms with Crippen LogP contribution in [0.4, 0.5) is 0 Å². The largest absolute Gasteiger partial charge is 0.479 e. The number of carbonyl (C=O) groups is 2. The predicted octanol–water partition coefficient (Wildman–Crippen LogP) is 0.871. The highest BCUT2D eigenvalue weighted by molar-refractivity contribution is 9.10. The summed E-state index contributed by atoms with van der Waals surface area (Å²) in [6, 6.07) is 0. The lowest BCUT2D eigenvalue weighted by atomic mass is 9.97. The summed E-state index contributed by atoms with van der Waals surface area (Å²) in [6.07, 6.45) is -0.525. The van der Waals surface area contributed by atoms with Gasteiger partial charge >= 0.3 is 5.97 Å². The van der Waals surface area contributed by atoms with Gasteiger partial charge in [-0.1, -0.05) is 0 Å². The van der Waals surface area contributed by atoms with Crippen LogP contribution in [0.2, 0.25) is 0 Å². The number of carboxylic acids is 1. The molecular weight excluding hydrogens is 298 g/mol. The third-order valence-electron chi connectivity index (χ3n) is 3.08. The van der Waals surface area contributed by atoms with Crippen LogP contribution >= 0.6 is 27.7 Å². The van der Waals surface area contributed by atoms with Crippen LogP contribution in [0.1, 0.15) is 13.8 Å². The Kier molecular flexibility index (Phi) is 2.56. The van der Waals surface area contributed by atoms with Gasteiger partial charge in [0, 0.05) is 7.11 Å². The summed E-state index contributed by atoms with van der Waals surface area (Å²) in [5.41, 5.74) is 0. The molecule has 1 amide bonds. The van der Waals surface area contributed by atoms with Crippen LogP contribution in [0.3, 0.4) is 0 Å². The molecule has 3 atom stereocenters. The SMILES string of the molecule is CO[C@@H]1C(=O)N2[C@@H]1SC(C)(C)[C@]2(Br)C(=O)O. The first-order valence-corrected chi connectivity index (χ1v) is 6.40. The van der Waals surface area contributed by atoms with Crippen molar-refractivity contribution in [3.05, 3.63) is 0 Å². The van der Waals surface area contributed by atoms with Crippen LogP contribution in [-0.4, -0.2) is 49.7 Å². The maximum absolute atomic E-state index is 11.8. The number of carbonyl (C=O) groups excluding carboxylic acids is 1. The Morgan fingerprint density at radius 2 is 2.19 bits per heavy atom. The molecule has 0 unspecified atom stereocenters. The van der Waals surface area contributed by atoms with Gasteiger partial charge in [-0.15, -0.1) is 11.8 Å². The fourth-order valence-electron chi connectivity index (χ4n) is 2.13. The molecule has 2 rings (SSSR count).